The summed E-state index contributed by atoms with van der Waals surface area (Å²) < 4.78 is 0. The van der Waals surface area contributed by atoms with Crippen LogP contribution in [0.5, 0.6) is 0 Å². The minimum atomic E-state index is -0.204. The second kappa shape index (κ2) is 4.72. The van der Waals surface area contributed by atoms with Crippen molar-refractivity contribution in [3.8, 4) is 0 Å². The number of piperidine rings is 2. The molecule has 4 heteroatoms. The van der Waals surface area contributed by atoms with E-state index in [-0.39, 0.29) is 11.5 Å². The quantitative estimate of drug-likeness (QED) is 0.679. The summed E-state index contributed by atoms with van der Waals surface area (Å²) in [7, 11) is 0. The minimum Gasteiger partial charge on any atom is -0.393 e. The summed E-state index contributed by atoms with van der Waals surface area (Å²) in [6.07, 6.45) is 3.14. The van der Waals surface area contributed by atoms with Crippen molar-refractivity contribution >= 4 is 5.91 Å². The Morgan fingerprint density at radius 3 is 2.44 bits per heavy atom. The maximum absolute atomic E-state index is 12.4. The lowest BCUT2D eigenvalue weighted by atomic mass is 9.79. The van der Waals surface area contributed by atoms with Gasteiger partial charge in [0.25, 0.3) is 0 Å². The van der Waals surface area contributed by atoms with E-state index in [0.29, 0.717) is 5.91 Å². The highest BCUT2D eigenvalue weighted by molar-refractivity contribution is 5.82. The average Bonchev–Trinajstić information content (AvgIpc) is 2.30. The highest BCUT2D eigenvalue weighted by Crippen LogP contribution is 2.31. The van der Waals surface area contributed by atoms with E-state index >= 15 is 0 Å². The fourth-order valence-corrected chi connectivity index (χ4v) is 2.64. The lowest BCUT2D eigenvalue weighted by molar-refractivity contribution is -0.144. The Hall–Kier alpha value is -0.610. The molecule has 2 aliphatic heterocycles. The number of nitrogens with one attached hydrogen (secondary N) is 1. The molecule has 2 N–H and O–H groups in total. The molecule has 0 bridgehead atoms. The minimum absolute atomic E-state index is 0.173. The number of likely N-dealkylation sites (tertiary alicyclic amines) is 1. The normalized spacial score (nSPS) is 26.8. The van der Waals surface area contributed by atoms with Gasteiger partial charge >= 0.3 is 0 Å². The van der Waals surface area contributed by atoms with E-state index in [0.717, 1.165) is 51.9 Å². The smallest absolute Gasteiger partial charge is 0.228 e. The molecule has 0 radical (unpaired) electrons. The maximum atomic E-state index is 12.4. The van der Waals surface area contributed by atoms with Gasteiger partial charge in [-0.25, -0.2) is 0 Å². The lowest BCUT2D eigenvalue weighted by Gasteiger charge is -2.39. The zero-order valence-electron chi connectivity index (χ0n) is 10.0. The first-order chi connectivity index (χ1) is 7.62. The van der Waals surface area contributed by atoms with Crippen LogP contribution < -0.4 is 5.32 Å². The zero-order valence-corrected chi connectivity index (χ0v) is 10.0. The third-order valence-corrected chi connectivity index (χ3v) is 3.98. The average molecular weight is 226 g/mol. The van der Waals surface area contributed by atoms with Gasteiger partial charge in [-0.1, -0.05) is 6.92 Å². The number of carbonyl (C=O) groups is 1. The van der Waals surface area contributed by atoms with E-state index in [2.05, 4.69) is 12.2 Å². The van der Waals surface area contributed by atoms with Crippen LogP contribution >= 0.6 is 0 Å². The van der Waals surface area contributed by atoms with E-state index < -0.39 is 0 Å². The van der Waals surface area contributed by atoms with Crippen LogP contribution in [-0.4, -0.2) is 48.2 Å². The van der Waals surface area contributed by atoms with Gasteiger partial charge in [0, 0.05) is 18.5 Å². The van der Waals surface area contributed by atoms with Gasteiger partial charge < -0.3 is 15.3 Å². The molecule has 0 aliphatic carbocycles. The largest absolute Gasteiger partial charge is 0.393 e. The second-order valence-corrected chi connectivity index (χ2v) is 5.33. The van der Waals surface area contributed by atoms with E-state index in [9.17, 15) is 9.90 Å². The molecule has 0 aromatic carbocycles. The Bertz CT molecular complexity index is 254. The molecule has 92 valence electrons. The third kappa shape index (κ3) is 2.38. The zero-order chi connectivity index (χ0) is 11.6. The third-order valence-electron chi connectivity index (χ3n) is 3.98. The summed E-state index contributed by atoms with van der Waals surface area (Å²) in [4.78, 5) is 14.3. The van der Waals surface area contributed by atoms with Gasteiger partial charge in [0.1, 0.15) is 0 Å². The number of hydrogen-bond donors (Lipinski definition) is 2. The maximum Gasteiger partial charge on any atom is 0.228 e. The summed E-state index contributed by atoms with van der Waals surface area (Å²) in [6, 6.07) is 0. The van der Waals surface area contributed by atoms with Crippen molar-refractivity contribution in [3.63, 3.8) is 0 Å². The molecule has 0 saturated carbocycles. The predicted octanol–water partition coefficient (Wildman–Crippen LogP) is 0.359. The molecule has 0 atom stereocenters. The molecule has 0 aromatic rings. The second-order valence-electron chi connectivity index (χ2n) is 5.33. The predicted molar refractivity (Wildman–Crippen MR) is 62.0 cm³/mol. The summed E-state index contributed by atoms with van der Waals surface area (Å²) in [5, 5.41) is 12.7. The Morgan fingerprint density at radius 1 is 1.31 bits per heavy atom. The summed E-state index contributed by atoms with van der Waals surface area (Å²) >= 11 is 0. The van der Waals surface area contributed by atoms with Crippen molar-refractivity contribution in [2.24, 2.45) is 5.41 Å². The van der Waals surface area contributed by atoms with Crippen LogP contribution in [0.1, 0.15) is 32.6 Å². The highest BCUT2D eigenvalue weighted by Gasteiger charge is 2.38. The number of rotatable bonds is 1. The number of carbonyl (C=O) groups excluding carboxylic acids is 1. The topological polar surface area (TPSA) is 52.6 Å². The molecule has 0 spiro atoms. The molecular formula is C12H22N2O2. The lowest BCUT2D eigenvalue weighted by Crippen LogP contribution is -2.50. The van der Waals surface area contributed by atoms with Crippen molar-refractivity contribution < 1.29 is 9.90 Å². The van der Waals surface area contributed by atoms with Crippen LogP contribution in [0.4, 0.5) is 0 Å². The first-order valence-electron chi connectivity index (χ1n) is 6.30. The van der Waals surface area contributed by atoms with Crippen LogP contribution in [0.15, 0.2) is 0 Å². The highest BCUT2D eigenvalue weighted by atomic mass is 16.3. The molecule has 2 rings (SSSR count). The number of aliphatic hydroxyl groups is 1. The van der Waals surface area contributed by atoms with Crippen molar-refractivity contribution in [1.82, 2.24) is 10.2 Å². The van der Waals surface area contributed by atoms with Gasteiger partial charge in [-0.2, -0.15) is 0 Å². The van der Waals surface area contributed by atoms with E-state index in [4.69, 9.17) is 0 Å². The summed E-state index contributed by atoms with van der Waals surface area (Å²) in [5.74, 6) is 0.293. The molecule has 2 fully saturated rings. The number of aliphatic hydroxyl groups excluding tert-OH is 1. The van der Waals surface area contributed by atoms with Gasteiger partial charge in [0.15, 0.2) is 0 Å². The van der Waals surface area contributed by atoms with E-state index in [1.165, 1.54) is 0 Å². The SMILES string of the molecule is CC1(C(=O)N2CCC(O)CC2)CCNCC1. The molecule has 2 aliphatic rings. The molecule has 16 heavy (non-hydrogen) atoms. The summed E-state index contributed by atoms with van der Waals surface area (Å²) in [6.45, 7) is 5.42. The van der Waals surface area contributed by atoms with E-state index in [1.807, 2.05) is 4.90 Å². The number of hydrogen-bond acceptors (Lipinski definition) is 3. The number of amides is 1. The van der Waals surface area contributed by atoms with Gasteiger partial charge in [0.2, 0.25) is 5.91 Å². The monoisotopic (exact) mass is 226 g/mol. The molecule has 4 nitrogen and oxygen atoms in total. The van der Waals surface area contributed by atoms with Crippen molar-refractivity contribution in [1.29, 1.82) is 0 Å². The molecule has 0 aromatic heterocycles. The van der Waals surface area contributed by atoms with Crippen molar-refractivity contribution in [2.45, 2.75) is 38.7 Å². The Kier molecular flexibility index (Phi) is 3.50. The molecule has 1 amide bonds. The van der Waals surface area contributed by atoms with Gasteiger partial charge in [-0.3, -0.25) is 4.79 Å². The Balaban J connectivity index is 1.95. The van der Waals surface area contributed by atoms with Crippen LogP contribution in [0.3, 0.4) is 0 Å². The van der Waals surface area contributed by atoms with Crippen LogP contribution in [-0.2, 0) is 4.79 Å². The Morgan fingerprint density at radius 2 is 1.88 bits per heavy atom. The Labute approximate surface area is 97.0 Å². The van der Waals surface area contributed by atoms with Crippen LogP contribution in [0, 0.1) is 5.41 Å². The van der Waals surface area contributed by atoms with Crippen LogP contribution in [0.2, 0.25) is 0 Å². The first-order valence-corrected chi connectivity index (χ1v) is 6.30. The fourth-order valence-electron chi connectivity index (χ4n) is 2.64. The van der Waals surface area contributed by atoms with Crippen molar-refractivity contribution in [3.05, 3.63) is 0 Å². The summed E-state index contributed by atoms with van der Waals surface area (Å²) in [5.41, 5.74) is -0.173. The molecular weight excluding hydrogens is 204 g/mol. The molecule has 2 saturated heterocycles. The van der Waals surface area contributed by atoms with Crippen LogP contribution in [0.25, 0.3) is 0 Å². The van der Waals surface area contributed by atoms with Gasteiger partial charge in [-0.15, -0.1) is 0 Å². The molecule has 0 unspecified atom stereocenters. The van der Waals surface area contributed by atoms with Gasteiger partial charge in [0.05, 0.1) is 6.10 Å². The standard InChI is InChI=1S/C12H22N2O2/c1-12(4-6-13-7-5-12)11(16)14-8-2-10(15)3-9-14/h10,13,15H,2-9H2,1H3. The number of nitrogens with zero attached hydrogens (tertiary/aromatic N) is 1. The van der Waals surface area contributed by atoms with Crippen molar-refractivity contribution in [2.75, 3.05) is 26.2 Å². The van der Waals surface area contributed by atoms with Gasteiger partial charge in [-0.05, 0) is 38.8 Å². The fraction of sp³-hybridized carbons (Fsp3) is 0.917. The molecule has 2 heterocycles. The van der Waals surface area contributed by atoms with E-state index in [1.54, 1.807) is 0 Å². The first kappa shape index (κ1) is 11.9.